The fraction of sp³-hybridized carbons (Fsp3) is 0.500. The Kier molecular flexibility index (Phi) is 3.79. The van der Waals surface area contributed by atoms with Gasteiger partial charge >= 0.3 is 0 Å². The molecule has 2 rings (SSSR count). The molecule has 1 saturated carbocycles. The molecule has 1 fully saturated rings. The Morgan fingerprint density at radius 1 is 1.29 bits per heavy atom. The summed E-state index contributed by atoms with van der Waals surface area (Å²) >= 11 is 0. The van der Waals surface area contributed by atoms with E-state index in [2.05, 4.69) is 0 Å². The minimum Gasteiger partial charge on any atom is -0.497 e. The topological polar surface area (TPSA) is 46.5 Å². The molecule has 0 heterocycles. The Labute approximate surface area is 101 Å². The second kappa shape index (κ2) is 5.32. The van der Waals surface area contributed by atoms with Crippen molar-refractivity contribution in [2.24, 2.45) is 5.92 Å². The van der Waals surface area contributed by atoms with Gasteiger partial charge in [0, 0.05) is 11.5 Å². The highest BCUT2D eigenvalue weighted by molar-refractivity contribution is 5.98. The molecule has 0 aliphatic heterocycles. The van der Waals surface area contributed by atoms with Crippen molar-refractivity contribution in [2.75, 3.05) is 7.11 Å². The van der Waals surface area contributed by atoms with Crippen LogP contribution in [0.2, 0.25) is 0 Å². The van der Waals surface area contributed by atoms with Gasteiger partial charge in [0.05, 0.1) is 13.2 Å². The zero-order valence-corrected chi connectivity index (χ0v) is 10.1. The number of Topliss-reactive ketones (excluding diaryl/α,β-unsaturated/α-hetero) is 1. The number of carbonyl (C=O) groups excluding carboxylic acids is 1. The number of aliphatic hydroxyl groups excluding tert-OH is 1. The maximum Gasteiger partial charge on any atom is 0.166 e. The van der Waals surface area contributed by atoms with Crippen LogP contribution in [-0.2, 0) is 0 Å². The fourth-order valence-electron chi connectivity index (χ4n) is 2.35. The van der Waals surface area contributed by atoms with Gasteiger partial charge in [-0.2, -0.15) is 0 Å². The van der Waals surface area contributed by atoms with Gasteiger partial charge in [0.15, 0.2) is 5.78 Å². The summed E-state index contributed by atoms with van der Waals surface area (Å²) in [6, 6.07) is 7.29. The van der Waals surface area contributed by atoms with Crippen LogP contribution < -0.4 is 4.74 Å². The van der Waals surface area contributed by atoms with Crippen LogP contribution in [0, 0.1) is 5.92 Å². The molecule has 0 bridgehead atoms. The Morgan fingerprint density at radius 3 is 2.65 bits per heavy atom. The molecular weight excluding hydrogens is 216 g/mol. The molecule has 1 aromatic rings. The Bertz CT molecular complexity index is 392. The molecule has 0 radical (unpaired) electrons. The van der Waals surface area contributed by atoms with Crippen LogP contribution in [0.25, 0.3) is 0 Å². The van der Waals surface area contributed by atoms with Gasteiger partial charge in [-0.3, -0.25) is 4.79 Å². The van der Waals surface area contributed by atoms with E-state index in [-0.39, 0.29) is 17.8 Å². The quantitative estimate of drug-likeness (QED) is 0.817. The molecule has 0 amide bonds. The van der Waals surface area contributed by atoms with Crippen molar-refractivity contribution in [3.05, 3.63) is 29.8 Å². The average molecular weight is 234 g/mol. The van der Waals surface area contributed by atoms with Crippen molar-refractivity contribution >= 4 is 5.78 Å². The smallest absolute Gasteiger partial charge is 0.166 e. The zero-order valence-electron chi connectivity index (χ0n) is 10.1. The maximum atomic E-state index is 12.2. The van der Waals surface area contributed by atoms with E-state index >= 15 is 0 Å². The summed E-state index contributed by atoms with van der Waals surface area (Å²) in [6.45, 7) is 0. The van der Waals surface area contributed by atoms with Gasteiger partial charge in [-0.15, -0.1) is 0 Å². The average Bonchev–Trinajstić information content (AvgIpc) is 2.39. The Morgan fingerprint density at radius 2 is 2.00 bits per heavy atom. The van der Waals surface area contributed by atoms with E-state index in [1.807, 2.05) is 18.2 Å². The molecule has 0 spiro atoms. The van der Waals surface area contributed by atoms with Crippen molar-refractivity contribution < 1.29 is 14.6 Å². The summed E-state index contributed by atoms with van der Waals surface area (Å²) in [6.07, 6.45) is 2.83. The first-order valence-corrected chi connectivity index (χ1v) is 6.07. The standard InChI is InChI=1S/C14H18O3/c1-17-13-4-2-3-11(9-13)14(16)10-5-7-12(15)8-6-10/h2-4,9-10,12,15H,5-8H2,1H3. The van der Waals surface area contributed by atoms with E-state index in [1.54, 1.807) is 13.2 Å². The van der Waals surface area contributed by atoms with Gasteiger partial charge in [-0.05, 0) is 37.8 Å². The lowest BCUT2D eigenvalue weighted by Crippen LogP contribution is -2.24. The summed E-state index contributed by atoms with van der Waals surface area (Å²) in [5.74, 6) is 0.952. The number of rotatable bonds is 3. The van der Waals surface area contributed by atoms with Gasteiger partial charge in [0.2, 0.25) is 0 Å². The second-order valence-corrected chi connectivity index (χ2v) is 4.60. The molecule has 0 aromatic heterocycles. The third-order valence-electron chi connectivity index (χ3n) is 3.42. The lowest BCUT2D eigenvalue weighted by atomic mass is 9.82. The van der Waals surface area contributed by atoms with E-state index in [0.29, 0.717) is 11.3 Å². The highest BCUT2D eigenvalue weighted by Gasteiger charge is 2.26. The van der Waals surface area contributed by atoms with Crippen LogP contribution in [-0.4, -0.2) is 24.1 Å². The van der Waals surface area contributed by atoms with Crippen LogP contribution in [0.15, 0.2) is 24.3 Å². The third kappa shape index (κ3) is 2.86. The summed E-state index contributed by atoms with van der Waals surface area (Å²) in [5.41, 5.74) is 0.714. The van der Waals surface area contributed by atoms with Gasteiger partial charge in [-0.25, -0.2) is 0 Å². The maximum absolute atomic E-state index is 12.2. The normalized spacial score (nSPS) is 24.4. The molecular formula is C14H18O3. The SMILES string of the molecule is COc1cccc(C(=O)C2CCC(O)CC2)c1. The van der Waals surface area contributed by atoms with Crippen LogP contribution in [0.5, 0.6) is 5.75 Å². The first kappa shape index (κ1) is 12.1. The summed E-state index contributed by atoms with van der Waals surface area (Å²) in [7, 11) is 1.60. The number of carbonyl (C=O) groups is 1. The predicted molar refractivity (Wildman–Crippen MR) is 65.3 cm³/mol. The van der Waals surface area contributed by atoms with E-state index in [1.165, 1.54) is 0 Å². The van der Waals surface area contributed by atoms with Crippen molar-refractivity contribution in [1.29, 1.82) is 0 Å². The number of hydrogen-bond donors (Lipinski definition) is 1. The minimum atomic E-state index is -0.218. The predicted octanol–water partition coefficient (Wildman–Crippen LogP) is 2.43. The third-order valence-corrected chi connectivity index (χ3v) is 3.42. The summed E-state index contributed by atoms with van der Waals surface area (Å²) in [5, 5.41) is 9.43. The highest BCUT2D eigenvalue weighted by Crippen LogP contribution is 2.28. The lowest BCUT2D eigenvalue weighted by Gasteiger charge is -2.24. The van der Waals surface area contributed by atoms with E-state index in [9.17, 15) is 9.90 Å². The fourth-order valence-corrected chi connectivity index (χ4v) is 2.35. The van der Waals surface area contributed by atoms with Crippen LogP contribution in [0.3, 0.4) is 0 Å². The molecule has 0 atom stereocenters. The zero-order chi connectivity index (χ0) is 12.3. The van der Waals surface area contributed by atoms with Gasteiger partial charge in [0.25, 0.3) is 0 Å². The van der Waals surface area contributed by atoms with Gasteiger partial charge in [-0.1, -0.05) is 12.1 Å². The van der Waals surface area contributed by atoms with E-state index in [4.69, 9.17) is 4.74 Å². The molecule has 1 N–H and O–H groups in total. The summed E-state index contributed by atoms with van der Waals surface area (Å²) < 4.78 is 5.12. The Balaban J connectivity index is 2.08. The molecule has 3 nitrogen and oxygen atoms in total. The number of ether oxygens (including phenoxy) is 1. The van der Waals surface area contributed by atoms with Crippen molar-refractivity contribution in [3.8, 4) is 5.75 Å². The van der Waals surface area contributed by atoms with E-state index in [0.717, 1.165) is 25.7 Å². The molecule has 92 valence electrons. The minimum absolute atomic E-state index is 0.0607. The van der Waals surface area contributed by atoms with Gasteiger partial charge < -0.3 is 9.84 Å². The van der Waals surface area contributed by atoms with Crippen molar-refractivity contribution in [3.63, 3.8) is 0 Å². The lowest BCUT2D eigenvalue weighted by molar-refractivity contribution is 0.0764. The van der Waals surface area contributed by atoms with Crippen LogP contribution in [0.1, 0.15) is 36.0 Å². The number of benzene rings is 1. The number of aliphatic hydroxyl groups is 1. The van der Waals surface area contributed by atoms with Crippen molar-refractivity contribution in [1.82, 2.24) is 0 Å². The molecule has 0 saturated heterocycles. The number of ketones is 1. The first-order valence-electron chi connectivity index (χ1n) is 6.07. The molecule has 3 heteroatoms. The highest BCUT2D eigenvalue weighted by atomic mass is 16.5. The molecule has 0 unspecified atom stereocenters. The first-order chi connectivity index (χ1) is 8.20. The number of hydrogen-bond acceptors (Lipinski definition) is 3. The number of methoxy groups -OCH3 is 1. The summed E-state index contributed by atoms with van der Waals surface area (Å²) in [4.78, 5) is 12.2. The second-order valence-electron chi connectivity index (χ2n) is 4.60. The van der Waals surface area contributed by atoms with Crippen molar-refractivity contribution in [2.45, 2.75) is 31.8 Å². The Hall–Kier alpha value is -1.35. The molecule has 1 aromatic carbocycles. The largest absolute Gasteiger partial charge is 0.497 e. The molecule has 17 heavy (non-hydrogen) atoms. The van der Waals surface area contributed by atoms with Crippen LogP contribution >= 0.6 is 0 Å². The molecule has 1 aliphatic carbocycles. The monoisotopic (exact) mass is 234 g/mol. The van der Waals surface area contributed by atoms with E-state index < -0.39 is 0 Å². The molecule has 1 aliphatic rings. The van der Waals surface area contributed by atoms with Crippen LogP contribution in [0.4, 0.5) is 0 Å². The van der Waals surface area contributed by atoms with Gasteiger partial charge in [0.1, 0.15) is 5.75 Å².